The fraction of sp³-hybridized carbons (Fsp3) is 0.818. The van der Waals surface area contributed by atoms with E-state index in [1.165, 1.54) is 6.92 Å². The molecule has 0 amide bonds. The number of rotatable bonds is 7. The van der Waals surface area contributed by atoms with Crippen molar-refractivity contribution in [3.8, 4) is 0 Å². The molecule has 0 aliphatic rings. The minimum absolute atomic E-state index is 0.0340. The van der Waals surface area contributed by atoms with Crippen LogP contribution in [0.4, 0.5) is 0 Å². The van der Waals surface area contributed by atoms with Crippen molar-refractivity contribution in [2.75, 3.05) is 6.61 Å². The second kappa shape index (κ2) is 8.10. The first kappa shape index (κ1) is 14.9. The molecule has 0 aromatic rings. The predicted molar refractivity (Wildman–Crippen MR) is 59.4 cm³/mol. The summed E-state index contributed by atoms with van der Waals surface area (Å²) in [7, 11) is 0. The highest BCUT2D eigenvalue weighted by molar-refractivity contribution is 5.69. The maximum absolute atomic E-state index is 11.2. The van der Waals surface area contributed by atoms with Gasteiger partial charge in [-0.15, -0.1) is 5.48 Å². The molecule has 5 heteroatoms. The molecule has 0 aliphatic carbocycles. The normalized spacial score (nSPS) is 12.3. The van der Waals surface area contributed by atoms with Gasteiger partial charge in [0.2, 0.25) is 0 Å². The monoisotopic (exact) mass is 231 g/mol. The zero-order valence-electron chi connectivity index (χ0n) is 10.4. The van der Waals surface area contributed by atoms with Crippen LogP contribution in [0.3, 0.4) is 0 Å². The van der Waals surface area contributed by atoms with Crippen molar-refractivity contribution < 1.29 is 19.2 Å². The Labute approximate surface area is 96.4 Å². The molecule has 5 nitrogen and oxygen atoms in total. The maximum atomic E-state index is 11.2. The van der Waals surface area contributed by atoms with Crippen molar-refractivity contribution in [1.82, 2.24) is 5.48 Å². The van der Waals surface area contributed by atoms with Crippen LogP contribution >= 0.6 is 0 Å². The number of esters is 1. The summed E-state index contributed by atoms with van der Waals surface area (Å²) < 4.78 is 4.82. The van der Waals surface area contributed by atoms with Gasteiger partial charge in [0.1, 0.15) is 0 Å². The summed E-state index contributed by atoms with van der Waals surface area (Å²) in [6.45, 7) is 7.48. The van der Waals surface area contributed by atoms with Crippen molar-refractivity contribution in [3.05, 3.63) is 0 Å². The summed E-state index contributed by atoms with van der Waals surface area (Å²) in [4.78, 5) is 26.5. The van der Waals surface area contributed by atoms with Crippen LogP contribution in [0.5, 0.6) is 0 Å². The molecule has 0 radical (unpaired) electrons. The largest absolute Gasteiger partial charge is 0.466 e. The number of nitrogens with one attached hydrogen (secondary N) is 1. The summed E-state index contributed by atoms with van der Waals surface area (Å²) >= 11 is 0. The summed E-state index contributed by atoms with van der Waals surface area (Å²) in [5, 5.41) is 0. The second-order valence-electron chi connectivity index (χ2n) is 3.91. The van der Waals surface area contributed by atoms with E-state index in [4.69, 9.17) is 9.57 Å². The Kier molecular flexibility index (Phi) is 7.54. The van der Waals surface area contributed by atoms with Gasteiger partial charge in [-0.1, -0.05) is 13.8 Å². The minimum atomic E-state index is -0.387. The minimum Gasteiger partial charge on any atom is -0.466 e. The topological polar surface area (TPSA) is 64.6 Å². The van der Waals surface area contributed by atoms with Gasteiger partial charge in [0.25, 0.3) is 0 Å². The van der Waals surface area contributed by atoms with Crippen LogP contribution in [0, 0.1) is 5.92 Å². The lowest BCUT2D eigenvalue weighted by Gasteiger charge is -2.20. The standard InChI is InChI=1S/C11H21NO4/c1-5-15-11(14)7-6-10(8(2)3)12-16-9(4)13/h8,10,12H,5-7H2,1-4H3/t10-/m1/s1. The smallest absolute Gasteiger partial charge is 0.321 e. The van der Waals surface area contributed by atoms with E-state index in [2.05, 4.69) is 5.48 Å². The van der Waals surface area contributed by atoms with Gasteiger partial charge in [0.15, 0.2) is 0 Å². The molecule has 0 aromatic heterocycles. The van der Waals surface area contributed by atoms with Crippen LogP contribution in [0.2, 0.25) is 0 Å². The third-order valence-corrected chi connectivity index (χ3v) is 2.12. The molecule has 1 N–H and O–H groups in total. The molecule has 0 unspecified atom stereocenters. The highest BCUT2D eigenvalue weighted by Crippen LogP contribution is 2.09. The predicted octanol–water partition coefficient (Wildman–Crippen LogP) is 1.42. The lowest BCUT2D eigenvalue weighted by atomic mass is 10.0. The zero-order valence-corrected chi connectivity index (χ0v) is 10.4. The van der Waals surface area contributed by atoms with Gasteiger partial charge in [-0.3, -0.25) is 9.59 Å². The molecule has 0 aromatic carbocycles. The first-order chi connectivity index (χ1) is 7.47. The van der Waals surface area contributed by atoms with Crippen molar-refractivity contribution in [2.45, 2.75) is 46.6 Å². The molecule has 0 saturated carbocycles. The first-order valence-electron chi connectivity index (χ1n) is 5.55. The van der Waals surface area contributed by atoms with Crippen LogP contribution in [0.1, 0.15) is 40.5 Å². The lowest BCUT2D eigenvalue weighted by Crippen LogP contribution is -2.35. The molecule has 1 atom stereocenters. The third-order valence-electron chi connectivity index (χ3n) is 2.12. The Bertz CT molecular complexity index is 228. The molecule has 0 aliphatic heterocycles. The maximum Gasteiger partial charge on any atom is 0.321 e. The Balaban J connectivity index is 3.94. The van der Waals surface area contributed by atoms with E-state index < -0.39 is 0 Å². The summed E-state index contributed by atoms with van der Waals surface area (Å²) in [6.07, 6.45) is 0.911. The number of hydrogen-bond donors (Lipinski definition) is 1. The average Bonchev–Trinajstić information content (AvgIpc) is 2.17. The summed E-state index contributed by atoms with van der Waals surface area (Å²) in [5.74, 6) is -0.340. The van der Waals surface area contributed by atoms with Gasteiger partial charge in [-0.25, -0.2) is 0 Å². The van der Waals surface area contributed by atoms with E-state index in [-0.39, 0.29) is 23.9 Å². The van der Waals surface area contributed by atoms with Gasteiger partial charge >= 0.3 is 11.9 Å². The van der Waals surface area contributed by atoms with Crippen LogP contribution in [0.15, 0.2) is 0 Å². The van der Waals surface area contributed by atoms with Gasteiger partial charge in [0.05, 0.1) is 6.61 Å². The number of carbonyl (C=O) groups is 2. The summed E-state index contributed by atoms with van der Waals surface area (Å²) in [5.41, 5.74) is 2.66. The third kappa shape index (κ3) is 7.23. The van der Waals surface area contributed by atoms with E-state index in [1.807, 2.05) is 13.8 Å². The number of carbonyl (C=O) groups excluding carboxylic acids is 2. The zero-order chi connectivity index (χ0) is 12.6. The average molecular weight is 231 g/mol. The Hall–Kier alpha value is -1.10. The highest BCUT2D eigenvalue weighted by atomic mass is 16.7. The van der Waals surface area contributed by atoms with Crippen LogP contribution in [-0.4, -0.2) is 24.6 Å². The van der Waals surface area contributed by atoms with Crippen molar-refractivity contribution in [3.63, 3.8) is 0 Å². The molecule has 16 heavy (non-hydrogen) atoms. The molecule has 94 valence electrons. The Morgan fingerprint density at radius 3 is 2.38 bits per heavy atom. The molecule has 0 bridgehead atoms. The molecule has 0 fully saturated rings. The highest BCUT2D eigenvalue weighted by Gasteiger charge is 2.16. The van der Waals surface area contributed by atoms with E-state index in [1.54, 1.807) is 6.92 Å². The molecule has 0 heterocycles. The van der Waals surface area contributed by atoms with Gasteiger partial charge < -0.3 is 9.57 Å². The molecule has 0 rings (SSSR count). The first-order valence-corrected chi connectivity index (χ1v) is 5.55. The van der Waals surface area contributed by atoms with Gasteiger partial charge in [0, 0.05) is 19.4 Å². The number of ether oxygens (including phenoxy) is 1. The molecular formula is C11H21NO4. The van der Waals surface area contributed by atoms with Crippen LogP contribution in [-0.2, 0) is 19.2 Å². The summed E-state index contributed by atoms with van der Waals surface area (Å²) in [6, 6.07) is -0.0340. The number of hydroxylamine groups is 1. The molecule has 0 spiro atoms. The fourth-order valence-corrected chi connectivity index (χ4v) is 1.19. The van der Waals surface area contributed by atoms with Crippen LogP contribution in [0.25, 0.3) is 0 Å². The van der Waals surface area contributed by atoms with Crippen LogP contribution < -0.4 is 5.48 Å². The second-order valence-corrected chi connectivity index (χ2v) is 3.91. The van der Waals surface area contributed by atoms with Gasteiger partial charge in [-0.05, 0) is 19.3 Å². The van der Waals surface area contributed by atoms with E-state index >= 15 is 0 Å². The lowest BCUT2D eigenvalue weighted by molar-refractivity contribution is -0.151. The number of hydrogen-bond acceptors (Lipinski definition) is 5. The quantitative estimate of drug-likeness (QED) is 0.530. The molecule has 0 saturated heterocycles. The van der Waals surface area contributed by atoms with E-state index in [0.717, 1.165) is 0 Å². The van der Waals surface area contributed by atoms with Crippen molar-refractivity contribution >= 4 is 11.9 Å². The van der Waals surface area contributed by atoms with Crippen molar-refractivity contribution in [2.24, 2.45) is 5.92 Å². The fourth-order valence-electron chi connectivity index (χ4n) is 1.19. The Morgan fingerprint density at radius 2 is 1.94 bits per heavy atom. The molecular weight excluding hydrogens is 210 g/mol. The van der Waals surface area contributed by atoms with Gasteiger partial charge in [-0.2, -0.15) is 0 Å². The SMILES string of the molecule is CCOC(=O)CC[C@@H](NOC(C)=O)C(C)C. The van der Waals surface area contributed by atoms with Crippen molar-refractivity contribution in [1.29, 1.82) is 0 Å². The van der Waals surface area contributed by atoms with E-state index in [9.17, 15) is 9.59 Å². The Morgan fingerprint density at radius 1 is 1.31 bits per heavy atom. The van der Waals surface area contributed by atoms with E-state index in [0.29, 0.717) is 19.4 Å².